The Morgan fingerprint density at radius 3 is 2.61 bits per heavy atom. The summed E-state index contributed by atoms with van der Waals surface area (Å²) in [5.41, 5.74) is 0.483. The first-order valence-corrected chi connectivity index (χ1v) is 5.62. The van der Waals surface area contributed by atoms with Crippen LogP contribution in [-0.4, -0.2) is 25.1 Å². The number of aromatic nitrogens is 2. The molecule has 0 spiro atoms. The molecule has 0 aliphatic carbocycles. The van der Waals surface area contributed by atoms with Gasteiger partial charge in [0.15, 0.2) is 11.5 Å². The normalized spacial score (nSPS) is 10.5. The largest absolute Gasteiger partial charge is 0.504 e. The van der Waals surface area contributed by atoms with Crippen LogP contribution in [0.4, 0.5) is 5.82 Å². The lowest BCUT2D eigenvalue weighted by molar-refractivity contribution is 0.365. The van der Waals surface area contributed by atoms with Crippen LogP contribution in [0.5, 0.6) is 17.2 Å². The Morgan fingerprint density at radius 1 is 1.17 bits per heavy atom. The van der Waals surface area contributed by atoms with Crippen LogP contribution >= 0.6 is 0 Å². The van der Waals surface area contributed by atoms with Crippen molar-refractivity contribution in [1.82, 2.24) is 9.78 Å². The summed E-state index contributed by atoms with van der Waals surface area (Å²) in [6.45, 7) is 3.08. The van der Waals surface area contributed by atoms with E-state index < -0.39 is 5.75 Å². The van der Waals surface area contributed by atoms with E-state index in [1.807, 2.05) is 19.2 Å². The molecular weight excluding hydrogens is 234 g/mol. The van der Waals surface area contributed by atoms with Crippen molar-refractivity contribution in [3.05, 3.63) is 30.0 Å². The van der Waals surface area contributed by atoms with Crippen LogP contribution in [-0.2, 0) is 13.1 Å². The van der Waals surface area contributed by atoms with Crippen molar-refractivity contribution in [3.63, 3.8) is 0 Å². The molecule has 2 aromatic rings. The first kappa shape index (κ1) is 12.1. The molecule has 1 heterocycles. The highest BCUT2D eigenvalue weighted by molar-refractivity contribution is 5.54. The standard InChI is InChI=1S/C12H15N3O3/c1-2-15-6-5-10(14-15)13-7-8-3-4-9(16)12(18)11(8)17/h3-6,16-18H,2,7H2,1H3,(H,13,14). The van der Waals surface area contributed by atoms with Gasteiger partial charge in [0.05, 0.1) is 0 Å². The van der Waals surface area contributed by atoms with E-state index in [0.29, 0.717) is 17.9 Å². The second-order valence-corrected chi connectivity index (χ2v) is 3.85. The molecule has 96 valence electrons. The van der Waals surface area contributed by atoms with Gasteiger partial charge in [0, 0.05) is 30.9 Å². The SMILES string of the molecule is CCn1ccc(NCc2ccc(O)c(O)c2O)n1. The molecule has 0 amide bonds. The number of nitrogens with one attached hydrogen (secondary N) is 1. The Balaban J connectivity index is 2.08. The summed E-state index contributed by atoms with van der Waals surface area (Å²) in [5, 5.41) is 35.5. The summed E-state index contributed by atoms with van der Waals surface area (Å²) in [5.74, 6) is -0.485. The molecule has 1 aromatic heterocycles. The van der Waals surface area contributed by atoms with E-state index in [-0.39, 0.29) is 11.5 Å². The van der Waals surface area contributed by atoms with Gasteiger partial charge < -0.3 is 20.6 Å². The van der Waals surface area contributed by atoms with E-state index >= 15 is 0 Å². The maximum Gasteiger partial charge on any atom is 0.200 e. The zero-order valence-electron chi connectivity index (χ0n) is 9.96. The van der Waals surface area contributed by atoms with E-state index in [4.69, 9.17) is 0 Å². The first-order valence-electron chi connectivity index (χ1n) is 5.62. The van der Waals surface area contributed by atoms with Crippen molar-refractivity contribution in [2.24, 2.45) is 0 Å². The van der Waals surface area contributed by atoms with Crippen LogP contribution in [0.1, 0.15) is 12.5 Å². The van der Waals surface area contributed by atoms with E-state index in [0.717, 1.165) is 6.54 Å². The Morgan fingerprint density at radius 2 is 1.94 bits per heavy atom. The number of nitrogens with zero attached hydrogens (tertiary/aromatic N) is 2. The van der Waals surface area contributed by atoms with Crippen molar-refractivity contribution in [2.45, 2.75) is 20.0 Å². The third-order valence-electron chi connectivity index (χ3n) is 2.64. The van der Waals surface area contributed by atoms with Gasteiger partial charge in [-0.2, -0.15) is 5.10 Å². The predicted octanol–water partition coefficient (Wildman–Crippen LogP) is 1.63. The summed E-state index contributed by atoms with van der Waals surface area (Å²) in [6.07, 6.45) is 1.84. The molecule has 0 aliphatic rings. The van der Waals surface area contributed by atoms with Crippen LogP contribution in [0.15, 0.2) is 24.4 Å². The Labute approximate surface area is 104 Å². The molecule has 0 atom stereocenters. The third kappa shape index (κ3) is 2.32. The molecule has 2 rings (SSSR count). The number of aryl methyl sites for hydroxylation is 1. The average molecular weight is 249 g/mol. The van der Waals surface area contributed by atoms with E-state index in [9.17, 15) is 15.3 Å². The molecule has 0 saturated carbocycles. The highest BCUT2D eigenvalue weighted by atomic mass is 16.3. The summed E-state index contributed by atoms with van der Waals surface area (Å²) >= 11 is 0. The zero-order chi connectivity index (χ0) is 13.1. The minimum Gasteiger partial charge on any atom is -0.504 e. The monoisotopic (exact) mass is 249 g/mol. The lowest BCUT2D eigenvalue weighted by Gasteiger charge is -2.08. The molecule has 6 heteroatoms. The maximum absolute atomic E-state index is 9.63. The summed E-state index contributed by atoms with van der Waals surface area (Å²) < 4.78 is 1.77. The van der Waals surface area contributed by atoms with Crippen molar-refractivity contribution < 1.29 is 15.3 Å². The molecule has 0 aliphatic heterocycles. The molecule has 18 heavy (non-hydrogen) atoms. The highest BCUT2D eigenvalue weighted by Gasteiger charge is 2.10. The zero-order valence-corrected chi connectivity index (χ0v) is 9.96. The van der Waals surface area contributed by atoms with Gasteiger partial charge in [0.1, 0.15) is 5.82 Å². The van der Waals surface area contributed by atoms with Crippen LogP contribution in [0.3, 0.4) is 0 Å². The van der Waals surface area contributed by atoms with Gasteiger partial charge >= 0.3 is 0 Å². The molecule has 6 nitrogen and oxygen atoms in total. The fraction of sp³-hybridized carbons (Fsp3) is 0.250. The Hall–Kier alpha value is -2.37. The number of hydrogen-bond acceptors (Lipinski definition) is 5. The summed E-state index contributed by atoms with van der Waals surface area (Å²) in [7, 11) is 0. The quantitative estimate of drug-likeness (QED) is 0.618. The summed E-state index contributed by atoms with van der Waals surface area (Å²) in [6, 6.07) is 4.69. The number of phenols is 3. The van der Waals surface area contributed by atoms with Gasteiger partial charge in [-0.3, -0.25) is 4.68 Å². The topological polar surface area (TPSA) is 90.5 Å². The van der Waals surface area contributed by atoms with Gasteiger partial charge in [-0.25, -0.2) is 0 Å². The number of hydrogen-bond donors (Lipinski definition) is 4. The molecule has 1 aromatic carbocycles. The summed E-state index contributed by atoms with van der Waals surface area (Å²) in [4.78, 5) is 0. The lowest BCUT2D eigenvalue weighted by atomic mass is 10.1. The van der Waals surface area contributed by atoms with E-state index in [1.165, 1.54) is 12.1 Å². The number of rotatable bonds is 4. The number of phenolic OH excluding ortho intramolecular Hbond substituents is 3. The average Bonchev–Trinajstić information content (AvgIpc) is 2.83. The second kappa shape index (κ2) is 4.87. The Bertz CT molecular complexity index is 551. The van der Waals surface area contributed by atoms with Gasteiger partial charge in [0.2, 0.25) is 5.75 Å². The van der Waals surface area contributed by atoms with Crippen molar-refractivity contribution in [1.29, 1.82) is 0 Å². The smallest absolute Gasteiger partial charge is 0.200 e. The van der Waals surface area contributed by atoms with Crippen LogP contribution < -0.4 is 5.32 Å². The number of aromatic hydroxyl groups is 3. The van der Waals surface area contributed by atoms with Gasteiger partial charge in [0.25, 0.3) is 0 Å². The van der Waals surface area contributed by atoms with Crippen molar-refractivity contribution >= 4 is 5.82 Å². The number of anilines is 1. The minimum atomic E-state index is -0.506. The fourth-order valence-corrected chi connectivity index (χ4v) is 1.57. The predicted molar refractivity (Wildman–Crippen MR) is 66.7 cm³/mol. The molecule has 0 radical (unpaired) electrons. The maximum atomic E-state index is 9.63. The Kier molecular flexibility index (Phi) is 3.27. The lowest BCUT2D eigenvalue weighted by Crippen LogP contribution is -2.02. The molecule has 4 N–H and O–H groups in total. The van der Waals surface area contributed by atoms with Gasteiger partial charge in [-0.1, -0.05) is 0 Å². The molecule has 0 bridgehead atoms. The molecular formula is C12H15N3O3. The fourth-order valence-electron chi connectivity index (χ4n) is 1.57. The first-order chi connectivity index (χ1) is 8.61. The van der Waals surface area contributed by atoms with Gasteiger partial charge in [-0.05, 0) is 19.1 Å². The van der Waals surface area contributed by atoms with Crippen molar-refractivity contribution in [2.75, 3.05) is 5.32 Å². The van der Waals surface area contributed by atoms with Crippen LogP contribution in [0.2, 0.25) is 0 Å². The van der Waals surface area contributed by atoms with Crippen LogP contribution in [0, 0.1) is 0 Å². The van der Waals surface area contributed by atoms with E-state index in [1.54, 1.807) is 4.68 Å². The van der Waals surface area contributed by atoms with Crippen LogP contribution in [0.25, 0.3) is 0 Å². The number of benzene rings is 1. The molecule has 0 saturated heterocycles. The second-order valence-electron chi connectivity index (χ2n) is 3.85. The molecule has 0 unspecified atom stereocenters. The van der Waals surface area contributed by atoms with E-state index in [2.05, 4.69) is 10.4 Å². The third-order valence-corrected chi connectivity index (χ3v) is 2.64. The van der Waals surface area contributed by atoms with Crippen molar-refractivity contribution in [3.8, 4) is 17.2 Å². The van der Waals surface area contributed by atoms with Gasteiger partial charge in [-0.15, -0.1) is 0 Å². The molecule has 0 fully saturated rings. The highest BCUT2D eigenvalue weighted by Crippen LogP contribution is 2.37. The minimum absolute atomic E-state index is 0.306.